The van der Waals surface area contributed by atoms with Gasteiger partial charge in [-0.25, -0.2) is 0 Å². The third-order valence-electron chi connectivity index (χ3n) is 5.52. The van der Waals surface area contributed by atoms with Crippen molar-refractivity contribution in [2.75, 3.05) is 20.6 Å². The number of hydrogen-bond acceptors (Lipinski definition) is 2. The van der Waals surface area contributed by atoms with Crippen molar-refractivity contribution in [2.24, 2.45) is 5.92 Å². The minimum absolute atomic E-state index is 0.485. The van der Waals surface area contributed by atoms with Crippen LogP contribution in [0.15, 0.2) is 18.2 Å². The van der Waals surface area contributed by atoms with Crippen molar-refractivity contribution >= 4 is 0 Å². The highest BCUT2D eigenvalue weighted by molar-refractivity contribution is 5.41. The van der Waals surface area contributed by atoms with Crippen LogP contribution in [0.3, 0.4) is 0 Å². The number of ether oxygens (including phenoxy) is 1. The summed E-state index contributed by atoms with van der Waals surface area (Å²) >= 11 is 0. The molecule has 21 heavy (non-hydrogen) atoms. The van der Waals surface area contributed by atoms with E-state index >= 15 is 0 Å². The van der Waals surface area contributed by atoms with E-state index in [1.807, 2.05) is 12.1 Å². The average molecular weight is 290 g/mol. The molecule has 0 radical (unpaired) electrons. The number of likely N-dealkylation sites (N-methyl/N-ethyl adjacent to an activating group) is 1. The maximum atomic E-state index is 7.33. The van der Waals surface area contributed by atoms with Gasteiger partial charge in [-0.05, 0) is 74.4 Å². The van der Waals surface area contributed by atoms with Gasteiger partial charge < -0.3 is 9.64 Å². The standard InChI is InChI=1S/C19H29NO/c1-4-11-20(2)19-12-14-9-10-15(21-3)13-18(14)16-7-5-6-8-17(16)19/h9-10,13,16-17,19H,4-8,11-12H2,1-3H3/t16?,17?,19-/m0/s1/i3D3. The summed E-state index contributed by atoms with van der Waals surface area (Å²) in [6.45, 7) is 3.38. The van der Waals surface area contributed by atoms with E-state index < -0.39 is 7.04 Å². The number of nitrogens with zero attached hydrogens (tertiary/aromatic N) is 1. The number of hydrogen-bond donors (Lipinski definition) is 0. The minimum atomic E-state index is -2.38. The summed E-state index contributed by atoms with van der Waals surface area (Å²) in [6.07, 6.45) is 7.34. The summed E-state index contributed by atoms with van der Waals surface area (Å²) in [4.78, 5) is 2.54. The molecule has 0 amide bonds. The van der Waals surface area contributed by atoms with Crippen molar-refractivity contribution in [1.82, 2.24) is 4.90 Å². The van der Waals surface area contributed by atoms with Gasteiger partial charge in [0.2, 0.25) is 0 Å². The van der Waals surface area contributed by atoms with Gasteiger partial charge >= 0.3 is 0 Å². The molecule has 0 bridgehead atoms. The molecule has 0 aromatic heterocycles. The van der Waals surface area contributed by atoms with Gasteiger partial charge in [-0.2, -0.15) is 0 Å². The molecule has 2 unspecified atom stereocenters. The average Bonchev–Trinajstić information content (AvgIpc) is 2.53. The molecule has 3 rings (SSSR count). The zero-order valence-corrected chi connectivity index (χ0v) is 13.3. The third-order valence-corrected chi connectivity index (χ3v) is 5.52. The molecular formula is C19H29NO. The second-order valence-corrected chi connectivity index (χ2v) is 6.77. The highest BCUT2D eigenvalue weighted by atomic mass is 16.5. The lowest BCUT2D eigenvalue weighted by Gasteiger charge is -2.46. The third kappa shape index (κ3) is 2.83. The number of methoxy groups -OCH3 is 1. The van der Waals surface area contributed by atoms with Crippen molar-refractivity contribution in [3.05, 3.63) is 29.3 Å². The van der Waals surface area contributed by atoms with Crippen LogP contribution in [0.4, 0.5) is 0 Å². The Morgan fingerprint density at radius 1 is 1.33 bits per heavy atom. The van der Waals surface area contributed by atoms with Crippen molar-refractivity contribution < 1.29 is 8.85 Å². The van der Waals surface area contributed by atoms with Gasteiger partial charge in [0.15, 0.2) is 0 Å². The Hall–Kier alpha value is -1.02. The van der Waals surface area contributed by atoms with Crippen molar-refractivity contribution in [1.29, 1.82) is 0 Å². The Labute approximate surface area is 133 Å². The van der Waals surface area contributed by atoms with Crippen LogP contribution in [0.1, 0.15) is 60.2 Å². The molecule has 0 spiro atoms. The fraction of sp³-hybridized carbons (Fsp3) is 0.684. The predicted octanol–water partition coefficient (Wildman–Crippen LogP) is 4.24. The van der Waals surface area contributed by atoms with Crippen LogP contribution in [0, 0.1) is 5.92 Å². The predicted molar refractivity (Wildman–Crippen MR) is 88.1 cm³/mol. The van der Waals surface area contributed by atoms with Crippen LogP contribution in [0.5, 0.6) is 5.75 Å². The molecule has 2 aliphatic carbocycles. The molecule has 2 heteroatoms. The van der Waals surface area contributed by atoms with E-state index in [0.29, 0.717) is 23.6 Å². The highest BCUT2D eigenvalue weighted by Gasteiger charge is 2.39. The zero-order valence-electron chi connectivity index (χ0n) is 16.3. The van der Waals surface area contributed by atoms with Crippen LogP contribution >= 0.6 is 0 Å². The van der Waals surface area contributed by atoms with Gasteiger partial charge in [-0.15, -0.1) is 0 Å². The lowest BCUT2D eigenvalue weighted by molar-refractivity contribution is 0.115. The van der Waals surface area contributed by atoms with E-state index in [9.17, 15) is 0 Å². The summed E-state index contributed by atoms with van der Waals surface area (Å²) in [5, 5.41) is 0. The van der Waals surface area contributed by atoms with Gasteiger partial charge in [0.1, 0.15) is 5.75 Å². The van der Waals surface area contributed by atoms with E-state index in [0.717, 1.165) is 13.0 Å². The number of benzene rings is 1. The number of rotatable bonds is 4. The van der Waals surface area contributed by atoms with Gasteiger partial charge in [0.05, 0.1) is 11.2 Å². The first kappa shape index (κ1) is 11.5. The molecule has 2 nitrogen and oxygen atoms in total. The van der Waals surface area contributed by atoms with E-state index in [1.54, 1.807) is 0 Å². The molecule has 0 heterocycles. The molecule has 0 saturated heterocycles. The number of fused-ring (bicyclic) bond motifs is 3. The van der Waals surface area contributed by atoms with Gasteiger partial charge in [-0.3, -0.25) is 0 Å². The van der Waals surface area contributed by atoms with Gasteiger partial charge in [0, 0.05) is 6.04 Å². The summed E-state index contributed by atoms with van der Waals surface area (Å²) in [5.74, 6) is 1.72. The lowest BCUT2D eigenvalue weighted by Crippen LogP contribution is -2.46. The van der Waals surface area contributed by atoms with E-state index in [2.05, 4.69) is 24.9 Å². The second-order valence-electron chi connectivity index (χ2n) is 6.77. The van der Waals surface area contributed by atoms with Gasteiger partial charge in [-0.1, -0.05) is 25.8 Å². The summed E-state index contributed by atoms with van der Waals surface area (Å²) < 4.78 is 27.1. The van der Waals surface area contributed by atoms with Crippen LogP contribution < -0.4 is 4.74 Å². The van der Waals surface area contributed by atoms with Crippen molar-refractivity contribution in [2.45, 2.75) is 57.4 Å². The molecule has 3 atom stereocenters. The Morgan fingerprint density at radius 2 is 2.19 bits per heavy atom. The maximum Gasteiger partial charge on any atom is 0.119 e. The molecular weight excluding hydrogens is 258 g/mol. The maximum absolute atomic E-state index is 7.33. The first-order valence-electron chi connectivity index (χ1n) is 9.91. The van der Waals surface area contributed by atoms with Crippen molar-refractivity contribution in [3.63, 3.8) is 0 Å². The lowest BCUT2D eigenvalue weighted by atomic mass is 9.65. The van der Waals surface area contributed by atoms with Gasteiger partial charge in [0.25, 0.3) is 0 Å². The van der Waals surface area contributed by atoms with E-state index in [1.165, 1.54) is 43.2 Å². The Kier molecular flexibility index (Phi) is 3.51. The van der Waals surface area contributed by atoms with Crippen LogP contribution in [0.25, 0.3) is 0 Å². The topological polar surface area (TPSA) is 12.5 Å². The molecule has 116 valence electrons. The van der Waals surface area contributed by atoms with Crippen LogP contribution in [-0.2, 0) is 6.42 Å². The highest BCUT2D eigenvalue weighted by Crippen LogP contribution is 2.47. The second kappa shape index (κ2) is 6.39. The first-order chi connectivity index (χ1) is 11.4. The Bertz CT molecular complexity index is 572. The Morgan fingerprint density at radius 3 is 3.00 bits per heavy atom. The Balaban J connectivity index is 1.91. The quantitative estimate of drug-likeness (QED) is 0.822. The monoisotopic (exact) mass is 290 g/mol. The molecule has 1 saturated carbocycles. The molecule has 2 aliphatic rings. The van der Waals surface area contributed by atoms with E-state index in [-0.39, 0.29) is 0 Å². The molecule has 1 aromatic carbocycles. The SMILES string of the molecule is [2H]C([2H])([2H])Oc1ccc2c(c1)C1CCCCC1[C@@H](N(C)CCC)C2. The normalized spacial score (nSPS) is 30.8. The fourth-order valence-electron chi connectivity index (χ4n) is 4.55. The fourth-order valence-corrected chi connectivity index (χ4v) is 4.55. The van der Waals surface area contributed by atoms with Crippen LogP contribution in [0.2, 0.25) is 0 Å². The molecule has 0 N–H and O–H groups in total. The van der Waals surface area contributed by atoms with Crippen molar-refractivity contribution in [3.8, 4) is 5.75 Å². The van der Waals surface area contributed by atoms with E-state index in [4.69, 9.17) is 8.85 Å². The summed E-state index contributed by atoms with van der Waals surface area (Å²) in [7, 11) is -0.115. The summed E-state index contributed by atoms with van der Waals surface area (Å²) in [5.41, 5.74) is 2.71. The van der Waals surface area contributed by atoms with Crippen LogP contribution in [-0.4, -0.2) is 31.6 Å². The smallest absolute Gasteiger partial charge is 0.119 e. The summed E-state index contributed by atoms with van der Waals surface area (Å²) in [6, 6.07) is 6.53. The first-order valence-corrected chi connectivity index (χ1v) is 8.41. The molecule has 1 aromatic rings. The molecule has 0 aliphatic heterocycles. The zero-order chi connectivity index (χ0) is 17.3. The largest absolute Gasteiger partial charge is 0.497 e. The minimum Gasteiger partial charge on any atom is -0.497 e. The molecule has 1 fully saturated rings.